The molecule has 4 rings (SSSR count). The molecule has 11 heteroatoms. The molecule has 0 N–H and O–H groups in total. The maximum atomic E-state index is 12.9. The number of morpholine rings is 1. The number of benzene rings is 2. The van der Waals surface area contributed by atoms with Gasteiger partial charge in [-0.1, -0.05) is 30.3 Å². The van der Waals surface area contributed by atoms with E-state index in [0.29, 0.717) is 44.8 Å². The summed E-state index contributed by atoms with van der Waals surface area (Å²) in [5, 5.41) is 11.8. The highest BCUT2D eigenvalue weighted by Crippen LogP contribution is 2.34. The minimum absolute atomic E-state index is 0.107. The average molecular weight is 490 g/mol. The number of anilines is 1. The molecule has 10 nitrogen and oxygen atoms in total. The molecule has 0 amide bonds. The van der Waals surface area contributed by atoms with Crippen molar-refractivity contribution in [2.75, 3.05) is 44.3 Å². The number of nitro benzene ring substituents is 1. The van der Waals surface area contributed by atoms with Gasteiger partial charge >= 0.3 is 5.97 Å². The lowest BCUT2D eigenvalue weighted by Gasteiger charge is -2.32. The summed E-state index contributed by atoms with van der Waals surface area (Å²) in [6.07, 6.45) is 0.997. The molecular formula is C23H27N3O7S. The molecule has 182 valence electrons. The Labute approximate surface area is 198 Å². The Morgan fingerprint density at radius 1 is 1.06 bits per heavy atom. The molecule has 34 heavy (non-hydrogen) atoms. The van der Waals surface area contributed by atoms with Crippen LogP contribution >= 0.6 is 0 Å². The molecule has 0 bridgehead atoms. The Morgan fingerprint density at radius 3 is 2.38 bits per heavy atom. The third kappa shape index (κ3) is 5.37. The van der Waals surface area contributed by atoms with Gasteiger partial charge in [0.1, 0.15) is 12.3 Å². The van der Waals surface area contributed by atoms with E-state index in [1.165, 1.54) is 16.4 Å². The first-order valence-electron chi connectivity index (χ1n) is 11.2. The standard InChI is InChI=1S/C23H27N3O7S/c27-23(33-17-18-4-2-1-3-5-18)19-8-10-24(11-9-19)21-7-6-20(16-22(21)26(28)29)34(30,31)25-12-14-32-15-13-25/h1-7,16,19H,8-15,17H2. The van der Waals surface area contributed by atoms with Crippen LogP contribution in [-0.4, -0.2) is 63.0 Å². The monoisotopic (exact) mass is 489 g/mol. The zero-order chi connectivity index (χ0) is 24.1. The lowest BCUT2D eigenvalue weighted by atomic mass is 9.96. The summed E-state index contributed by atoms with van der Waals surface area (Å²) in [6, 6.07) is 13.5. The summed E-state index contributed by atoms with van der Waals surface area (Å²) < 4.78 is 37.7. The van der Waals surface area contributed by atoms with Crippen LogP contribution in [0, 0.1) is 16.0 Å². The van der Waals surface area contributed by atoms with Gasteiger partial charge in [-0.25, -0.2) is 8.42 Å². The van der Waals surface area contributed by atoms with E-state index in [9.17, 15) is 23.3 Å². The molecule has 2 aromatic carbocycles. The summed E-state index contributed by atoms with van der Waals surface area (Å²) in [5.74, 6) is -0.551. The lowest BCUT2D eigenvalue weighted by molar-refractivity contribution is -0.384. The van der Waals surface area contributed by atoms with Gasteiger partial charge in [-0.3, -0.25) is 14.9 Å². The number of esters is 1. The molecular weight excluding hydrogens is 462 g/mol. The van der Waals surface area contributed by atoms with Gasteiger partial charge in [-0.05, 0) is 30.5 Å². The largest absolute Gasteiger partial charge is 0.461 e. The van der Waals surface area contributed by atoms with Gasteiger partial charge in [0.2, 0.25) is 10.0 Å². The van der Waals surface area contributed by atoms with Gasteiger partial charge in [0.25, 0.3) is 5.69 Å². The van der Waals surface area contributed by atoms with Crippen LogP contribution in [0.15, 0.2) is 53.4 Å². The molecule has 0 spiro atoms. The molecule has 0 atom stereocenters. The Kier molecular flexibility index (Phi) is 7.44. The SMILES string of the molecule is O=C(OCc1ccccc1)C1CCN(c2ccc(S(=O)(=O)N3CCOCC3)cc2[N+](=O)[O-])CC1. The van der Waals surface area contributed by atoms with Crippen LogP contribution in [0.25, 0.3) is 0 Å². The van der Waals surface area contributed by atoms with Crippen molar-refractivity contribution in [2.45, 2.75) is 24.3 Å². The number of rotatable bonds is 7. The van der Waals surface area contributed by atoms with Gasteiger partial charge in [0, 0.05) is 32.2 Å². The van der Waals surface area contributed by atoms with Crippen molar-refractivity contribution in [3.05, 3.63) is 64.2 Å². The highest BCUT2D eigenvalue weighted by molar-refractivity contribution is 7.89. The average Bonchev–Trinajstić information content (AvgIpc) is 2.88. The second kappa shape index (κ2) is 10.5. The number of carbonyl (C=O) groups is 1. The van der Waals surface area contributed by atoms with Crippen LogP contribution in [-0.2, 0) is 30.9 Å². The van der Waals surface area contributed by atoms with Crippen LogP contribution in [0.5, 0.6) is 0 Å². The number of hydrogen-bond acceptors (Lipinski definition) is 8. The first-order chi connectivity index (χ1) is 16.4. The fourth-order valence-electron chi connectivity index (χ4n) is 4.22. The number of piperidine rings is 1. The molecule has 0 aliphatic carbocycles. The third-order valence-corrected chi connectivity index (χ3v) is 8.04. The maximum absolute atomic E-state index is 12.9. The summed E-state index contributed by atoms with van der Waals surface area (Å²) in [4.78, 5) is 25.4. The molecule has 2 heterocycles. The van der Waals surface area contributed by atoms with Crippen molar-refractivity contribution in [1.82, 2.24) is 4.31 Å². The van der Waals surface area contributed by atoms with E-state index in [2.05, 4.69) is 0 Å². The maximum Gasteiger partial charge on any atom is 0.309 e. The minimum atomic E-state index is -3.85. The Bertz CT molecular complexity index is 1130. The van der Waals surface area contributed by atoms with E-state index >= 15 is 0 Å². The first kappa shape index (κ1) is 24.1. The quantitative estimate of drug-likeness (QED) is 0.331. The topological polar surface area (TPSA) is 119 Å². The normalized spacial score (nSPS) is 17.9. The van der Waals surface area contributed by atoms with Gasteiger partial charge in [0.05, 0.1) is 29.0 Å². The number of nitrogens with zero attached hydrogens (tertiary/aromatic N) is 3. The first-order valence-corrected chi connectivity index (χ1v) is 12.6. The summed E-state index contributed by atoms with van der Waals surface area (Å²) in [5.41, 5.74) is 0.998. The fraction of sp³-hybridized carbons (Fsp3) is 0.435. The van der Waals surface area contributed by atoms with E-state index in [-0.39, 0.29) is 42.2 Å². The second-order valence-electron chi connectivity index (χ2n) is 8.28. The van der Waals surface area contributed by atoms with Gasteiger partial charge in [-0.15, -0.1) is 0 Å². The molecule has 2 aliphatic heterocycles. The molecule has 2 aromatic rings. The predicted molar refractivity (Wildman–Crippen MR) is 124 cm³/mol. The number of ether oxygens (including phenoxy) is 2. The molecule has 2 aliphatic rings. The fourth-order valence-corrected chi connectivity index (χ4v) is 5.64. The van der Waals surface area contributed by atoms with Gasteiger partial charge in [0.15, 0.2) is 0 Å². The highest BCUT2D eigenvalue weighted by atomic mass is 32.2. The molecule has 2 fully saturated rings. The van der Waals surface area contributed by atoms with E-state index in [1.807, 2.05) is 35.2 Å². The van der Waals surface area contributed by atoms with Gasteiger partial charge < -0.3 is 14.4 Å². The van der Waals surface area contributed by atoms with Crippen LogP contribution in [0.2, 0.25) is 0 Å². The van der Waals surface area contributed by atoms with Crippen molar-refractivity contribution >= 4 is 27.4 Å². The Balaban J connectivity index is 1.42. The highest BCUT2D eigenvalue weighted by Gasteiger charge is 2.32. The van der Waals surface area contributed by atoms with Crippen LogP contribution in [0.1, 0.15) is 18.4 Å². The van der Waals surface area contributed by atoms with Crippen LogP contribution in [0.4, 0.5) is 11.4 Å². The van der Waals surface area contributed by atoms with Crippen molar-refractivity contribution < 1.29 is 27.6 Å². The van der Waals surface area contributed by atoms with Crippen LogP contribution < -0.4 is 4.90 Å². The minimum Gasteiger partial charge on any atom is -0.461 e. The van der Waals surface area contributed by atoms with E-state index < -0.39 is 14.9 Å². The van der Waals surface area contributed by atoms with Gasteiger partial charge in [-0.2, -0.15) is 4.31 Å². The predicted octanol–water partition coefficient (Wildman–Crippen LogP) is 2.58. The number of carbonyl (C=O) groups excluding carboxylic acids is 1. The molecule has 0 saturated carbocycles. The summed E-state index contributed by atoms with van der Waals surface area (Å²) in [6.45, 7) is 2.09. The molecule has 0 radical (unpaired) electrons. The number of nitro groups is 1. The Morgan fingerprint density at radius 2 is 1.74 bits per heavy atom. The molecule has 0 aromatic heterocycles. The van der Waals surface area contributed by atoms with Crippen molar-refractivity contribution in [1.29, 1.82) is 0 Å². The smallest absolute Gasteiger partial charge is 0.309 e. The van der Waals surface area contributed by atoms with E-state index in [4.69, 9.17) is 9.47 Å². The molecule has 0 unspecified atom stereocenters. The van der Waals surface area contributed by atoms with Crippen molar-refractivity contribution in [2.24, 2.45) is 5.92 Å². The summed E-state index contributed by atoms with van der Waals surface area (Å²) in [7, 11) is -3.85. The summed E-state index contributed by atoms with van der Waals surface area (Å²) >= 11 is 0. The molecule has 2 saturated heterocycles. The third-order valence-electron chi connectivity index (χ3n) is 6.14. The van der Waals surface area contributed by atoms with Crippen molar-refractivity contribution in [3.63, 3.8) is 0 Å². The van der Waals surface area contributed by atoms with E-state index in [1.54, 1.807) is 0 Å². The van der Waals surface area contributed by atoms with E-state index in [0.717, 1.165) is 11.6 Å². The number of sulfonamides is 1. The Hall–Kier alpha value is -3.02. The zero-order valence-corrected chi connectivity index (χ0v) is 19.5. The second-order valence-corrected chi connectivity index (χ2v) is 10.2. The lowest BCUT2D eigenvalue weighted by Crippen LogP contribution is -2.40. The van der Waals surface area contributed by atoms with Crippen LogP contribution in [0.3, 0.4) is 0 Å². The number of hydrogen-bond donors (Lipinski definition) is 0. The zero-order valence-electron chi connectivity index (χ0n) is 18.7. The van der Waals surface area contributed by atoms with Crippen molar-refractivity contribution in [3.8, 4) is 0 Å².